The van der Waals surface area contributed by atoms with Gasteiger partial charge in [-0.2, -0.15) is 0 Å². The Morgan fingerprint density at radius 3 is 2.96 bits per heavy atom. The molecule has 1 aliphatic rings. The average Bonchev–Trinajstić information content (AvgIpc) is 3.14. The van der Waals surface area contributed by atoms with Gasteiger partial charge in [-0.15, -0.1) is 15.3 Å². The van der Waals surface area contributed by atoms with Gasteiger partial charge in [0.25, 0.3) is 0 Å². The summed E-state index contributed by atoms with van der Waals surface area (Å²) in [4.78, 5) is 11.8. The molecule has 124 valence electrons. The summed E-state index contributed by atoms with van der Waals surface area (Å²) < 4.78 is 7.53. The fraction of sp³-hybridized carbons (Fsp3) is 0.375. The van der Waals surface area contributed by atoms with Gasteiger partial charge in [-0.3, -0.25) is 4.57 Å². The molecule has 7 nitrogen and oxygen atoms in total. The number of H-pyrrole nitrogens is 1. The van der Waals surface area contributed by atoms with Gasteiger partial charge in [-0.05, 0) is 38.8 Å². The topological polar surface area (TPSA) is 89.6 Å². The minimum absolute atomic E-state index is 0.0937. The van der Waals surface area contributed by atoms with Crippen LogP contribution in [0.4, 0.5) is 0 Å². The SMILES string of the molecule is Cc1cccc(-c2nnc([C@H](C)Sc3n[nH]c(=O)n3C3CC3)o2)c1. The molecule has 2 heterocycles. The quantitative estimate of drug-likeness (QED) is 0.716. The Bertz CT molecular complexity index is 924. The largest absolute Gasteiger partial charge is 0.419 e. The zero-order chi connectivity index (χ0) is 16.7. The van der Waals surface area contributed by atoms with E-state index in [0.717, 1.165) is 24.0 Å². The summed E-state index contributed by atoms with van der Waals surface area (Å²) >= 11 is 1.45. The molecule has 1 fully saturated rings. The highest BCUT2D eigenvalue weighted by Crippen LogP contribution is 2.39. The molecule has 3 aromatic rings. The van der Waals surface area contributed by atoms with E-state index in [1.807, 2.05) is 38.1 Å². The lowest BCUT2D eigenvalue weighted by molar-refractivity contribution is 0.508. The van der Waals surface area contributed by atoms with Crippen molar-refractivity contribution in [2.24, 2.45) is 0 Å². The van der Waals surface area contributed by atoms with Gasteiger partial charge in [-0.25, -0.2) is 9.89 Å². The lowest BCUT2D eigenvalue weighted by atomic mass is 10.1. The Morgan fingerprint density at radius 1 is 1.38 bits per heavy atom. The smallest absolute Gasteiger partial charge is 0.344 e. The molecule has 1 N–H and O–H groups in total. The number of nitrogens with one attached hydrogen (secondary N) is 1. The number of aromatic amines is 1. The molecule has 0 unspecified atom stereocenters. The van der Waals surface area contributed by atoms with Gasteiger partial charge in [0, 0.05) is 11.6 Å². The van der Waals surface area contributed by atoms with Crippen LogP contribution in [0.2, 0.25) is 0 Å². The predicted molar refractivity (Wildman–Crippen MR) is 89.9 cm³/mol. The first-order valence-corrected chi connectivity index (χ1v) is 8.74. The van der Waals surface area contributed by atoms with Crippen molar-refractivity contribution >= 4 is 11.8 Å². The minimum atomic E-state index is -0.154. The van der Waals surface area contributed by atoms with E-state index in [2.05, 4.69) is 20.4 Å². The molecule has 1 saturated carbocycles. The van der Waals surface area contributed by atoms with E-state index >= 15 is 0 Å². The van der Waals surface area contributed by atoms with Crippen molar-refractivity contribution in [2.45, 2.75) is 43.1 Å². The van der Waals surface area contributed by atoms with E-state index in [9.17, 15) is 4.79 Å². The third kappa shape index (κ3) is 2.89. The standard InChI is InChI=1S/C16H17N5O2S/c1-9-4-3-5-11(8-9)14-18-17-13(23-14)10(2)24-16-20-19-15(22)21(16)12-6-7-12/h3-5,8,10,12H,6-7H2,1-2H3,(H,19,22)/t10-/m0/s1. The third-order valence-corrected chi connectivity index (χ3v) is 4.97. The second-order valence-corrected chi connectivity index (χ2v) is 7.30. The maximum absolute atomic E-state index is 11.8. The maximum atomic E-state index is 11.8. The number of hydrogen-bond acceptors (Lipinski definition) is 6. The summed E-state index contributed by atoms with van der Waals surface area (Å²) in [7, 11) is 0. The fourth-order valence-electron chi connectivity index (χ4n) is 2.53. The van der Waals surface area contributed by atoms with Crippen molar-refractivity contribution in [3.63, 3.8) is 0 Å². The van der Waals surface area contributed by atoms with Crippen LogP contribution >= 0.6 is 11.8 Å². The zero-order valence-corrected chi connectivity index (χ0v) is 14.2. The fourth-order valence-corrected chi connectivity index (χ4v) is 3.49. The minimum Gasteiger partial charge on any atom is -0.419 e. The zero-order valence-electron chi connectivity index (χ0n) is 13.4. The number of nitrogens with zero attached hydrogens (tertiary/aromatic N) is 4. The summed E-state index contributed by atoms with van der Waals surface area (Å²) in [6.07, 6.45) is 2.05. The van der Waals surface area contributed by atoms with Gasteiger partial charge >= 0.3 is 5.69 Å². The second-order valence-electron chi connectivity index (χ2n) is 5.99. The predicted octanol–water partition coefficient (Wildman–Crippen LogP) is 3.12. The van der Waals surface area contributed by atoms with E-state index in [-0.39, 0.29) is 17.0 Å². The lowest BCUT2D eigenvalue weighted by Gasteiger charge is -2.07. The highest BCUT2D eigenvalue weighted by Gasteiger charge is 2.30. The normalized spacial score (nSPS) is 15.6. The molecule has 24 heavy (non-hydrogen) atoms. The summed E-state index contributed by atoms with van der Waals surface area (Å²) in [5, 5.41) is 15.5. The van der Waals surface area contributed by atoms with Crippen LogP contribution in [-0.4, -0.2) is 25.0 Å². The summed E-state index contributed by atoms with van der Waals surface area (Å²) in [5.74, 6) is 1.03. The number of benzene rings is 1. The average molecular weight is 343 g/mol. The van der Waals surface area contributed by atoms with Gasteiger partial charge < -0.3 is 4.42 Å². The Morgan fingerprint density at radius 2 is 2.21 bits per heavy atom. The van der Waals surface area contributed by atoms with E-state index in [0.29, 0.717) is 16.9 Å². The molecule has 0 saturated heterocycles. The van der Waals surface area contributed by atoms with Crippen LogP contribution < -0.4 is 5.69 Å². The molecule has 4 rings (SSSR count). The highest BCUT2D eigenvalue weighted by molar-refractivity contribution is 7.99. The van der Waals surface area contributed by atoms with Crippen molar-refractivity contribution in [2.75, 3.05) is 0 Å². The van der Waals surface area contributed by atoms with Crippen LogP contribution in [0.15, 0.2) is 38.6 Å². The van der Waals surface area contributed by atoms with Crippen molar-refractivity contribution < 1.29 is 4.42 Å². The molecule has 0 aliphatic heterocycles. The monoisotopic (exact) mass is 343 g/mol. The molecule has 0 spiro atoms. The van der Waals surface area contributed by atoms with Crippen molar-refractivity contribution in [1.29, 1.82) is 0 Å². The van der Waals surface area contributed by atoms with Crippen LogP contribution in [0.5, 0.6) is 0 Å². The summed E-state index contributed by atoms with van der Waals surface area (Å²) in [6, 6.07) is 8.21. The Labute approximate surface area is 142 Å². The van der Waals surface area contributed by atoms with Gasteiger partial charge in [-0.1, -0.05) is 29.5 Å². The molecular formula is C16H17N5O2S. The van der Waals surface area contributed by atoms with E-state index in [4.69, 9.17) is 4.42 Å². The van der Waals surface area contributed by atoms with Crippen molar-refractivity contribution in [3.05, 3.63) is 46.2 Å². The van der Waals surface area contributed by atoms with Crippen LogP contribution in [0.1, 0.15) is 42.5 Å². The van der Waals surface area contributed by atoms with Crippen molar-refractivity contribution in [3.8, 4) is 11.5 Å². The number of rotatable bonds is 5. The van der Waals surface area contributed by atoms with Crippen LogP contribution in [0, 0.1) is 6.92 Å². The lowest BCUT2D eigenvalue weighted by Crippen LogP contribution is -2.16. The Kier molecular flexibility index (Phi) is 3.76. The van der Waals surface area contributed by atoms with Gasteiger partial charge in [0.05, 0.1) is 5.25 Å². The first-order chi connectivity index (χ1) is 11.6. The number of aromatic nitrogens is 5. The molecule has 8 heteroatoms. The number of hydrogen-bond donors (Lipinski definition) is 1. The first-order valence-electron chi connectivity index (χ1n) is 7.86. The van der Waals surface area contributed by atoms with Crippen LogP contribution in [0.25, 0.3) is 11.5 Å². The molecule has 0 amide bonds. The van der Waals surface area contributed by atoms with Gasteiger partial charge in [0.15, 0.2) is 5.16 Å². The van der Waals surface area contributed by atoms with Crippen LogP contribution in [0.3, 0.4) is 0 Å². The van der Waals surface area contributed by atoms with Crippen molar-refractivity contribution in [1.82, 2.24) is 25.0 Å². The van der Waals surface area contributed by atoms with E-state index in [1.54, 1.807) is 4.57 Å². The van der Waals surface area contributed by atoms with E-state index in [1.165, 1.54) is 11.8 Å². The molecular weight excluding hydrogens is 326 g/mol. The first kappa shape index (κ1) is 15.2. The maximum Gasteiger partial charge on any atom is 0.344 e. The second kappa shape index (κ2) is 5.94. The molecule has 2 aromatic heterocycles. The van der Waals surface area contributed by atoms with E-state index < -0.39 is 0 Å². The summed E-state index contributed by atoms with van der Waals surface area (Å²) in [6.45, 7) is 3.99. The van der Waals surface area contributed by atoms with Gasteiger partial charge in [0.1, 0.15) is 0 Å². The van der Waals surface area contributed by atoms with Crippen LogP contribution in [-0.2, 0) is 0 Å². The van der Waals surface area contributed by atoms with Gasteiger partial charge in [0.2, 0.25) is 11.8 Å². The number of thioether (sulfide) groups is 1. The Hall–Kier alpha value is -2.35. The molecule has 1 aliphatic carbocycles. The summed E-state index contributed by atoms with van der Waals surface area (Å²) in [5.41, 5.74) is 1.89. The Balaban J connectivity index is 1.55. The highest BCUT2D eigenvalue weighted by atomic mass is 32.2. The molecule has 1 aromatic carbocycles. The molecule has 0 bridgehead atoms. The third-order valence-electron chi connectivity index (χ3n) is 3.92. The molecule has 1 atom stereocenters. The number of aryl methyl sites for hydroxylation is 1. The molecule has 0 radical (unpaired) electrons.